The van der Waals surface area contributed by atoms with Gasteiger partial charge in [-0.25, -0.2) is 0 Å². The van der Waals surface area contributed by atoms with Gasteiger partial charge in [-0.2, -0.15) is 0 Å². The third-order valence-electron chi connectivity index (χ3n) is 3.52. The van der Waals surface area contributed by atoms with E-state index in [2.05, 4.69) is 25.1 Å². The van der Waals surface area contributed by atoms with Crippen LogP contribution in [0.2, 0.25) is 0 Å². The Bertz CT molecular complexity index is 653. The molecule has 1 saturated carbocycles. The number of carbonyl (C=O) groups excluding carboxylic acids is 1. The second-order valence-corrected chi connectivity index (χ2v) is 6.61. The van der Waals surface area contributed by atoms with Gasteiger partial charge in [-0.1, -0.05) is 11.8 Å². The number of carbonyl (C=O) groups is 1. The van der Waals surface area contributed by atoms with Gasteiger partial charge in [0.15, 0.2) is 11.0 Å². The molecule has 2 aromatic rings. The van der Waals surface area contributed by atoms with Crippen LogP contribution in [-0.4, -0.2) is 37.5 Å². The van der Waals surface area contributed by atoms with Crippen LogP contribution < -0.4 is 5.32 Å². The second kappa shape index (κ2) is 6.48. The molecular weight excluding hydrogens is 298 g/mol. The molecule has 0 aromatic carbocycles. The van der Waals surface area contributed by atoms with E-state index in [-0.39, 0.29) is 11.2 Å². The lowest BCUT2D eigenvalue weighted by Gasteiger charge is -2.12. The summed E-state index contributed by atoms with van der Waals surface area (Å²) < 4.78 is 2.16. The number of pyridine rings is 1. The van der Waals surface area contributed by atoms with Crippen LogP contribution in [0.25, 0.3) is 11.4 Å². The smallest absolute Gasteiger partial charge is 0.233 e. The number of aromatic nitrogens is 4. The number of amides is 1. The number of nitrogens with zero attached hydrogens (tertiary/aromatic N) is 4. The van der Waals surface area contributed by atoms with Crippen molar-refractivity contribution in [1.82, 2.24) is 25.1 Å². The van der Waals surface area contributed by atoms with Crippen molar-refractivity contribution in [2.45, 2.75) is 43.1 Å². The van der Waals surface area contributed by atoms with E-state index in [9.17, 15) is 4.79 Å². The van der Waals surface area contributed by atoms with E-state index in [1.54, 1.807) is 12.4 Å². The Morgan fingerprint density at radius 3 is 2.77 bits per heavy atom. The molecule has 1 amide bonds. The maximum absolute atomic E-state index is 11.9. The van der Waals surface area contributed by atoms with Gasteiger partial charge in [-0.05, 0) is 38.8 Å². The molecule has 2 heterocycles. The molecule has 1 aliphatic rings. The van der Waals surface area contributed by atoms with Crippen LogP contribution in [0.1, 0.15) is 32.7 Å². The van der Waals surface area contributed by atoms with Crippen LogP contribution in [0, 0.1) is 0 Å². The topological polar surface area (TPSA) is 72.7 Å². The molecule has 6 nitrogen and oxygen atoms in total. The molecule has 0 spiro atoms. The lowest BCUT2D eigenvalue weighted by atomic mass is 10.2. The molecule has 0 aliphatic heterocycles. The van der Waals surface area contributed by atoms with Crippen molar-refractivity contribution >= 4 is 17.7 Å². The van der Waals surface area contributed by atoms with Crippen LogP contribution in [-0.2, 0) is 4.79 Å². The maximum atomic E-state index is 11.9. The van der Waals surface area contributed by atoms with Gasteiger partial charge >= 0.3 is 0 Å². The Kier molecular flexibility index (Phi) is 4.42. The second-order valence-electron chi connectivity index (χ2n) is 5.30. The van der Waals surface area contributed by atoms with E-state index in [4.69, 9.17) is 0 Å². The average molecular weight is 317 g/mol. The number of nitrogens with one attached hydrogen (secondary N) is 1. The fourth-order valence-corrected chi connectivity index (χ4v) is 3.19. The highest BCUT2D eigenvalue weighted by Crippen LogP contribution is 2.41. The summed E-state index contributed by atoms with van der Waals surface area (Å²) in [5.74, 6) is 0.888. The van der Waals surface area contributed by atoms with Crippen molar-refractivity contribution in [3.05, 3.63) is 24.5 Å². The van der Waals surface area contributed by atoms with Crippen molar-refractivity contribution < 1.29 is 4.79 Å². The highest BCUT2D eigenvalue weighted by atomic mass is 32.2. The van der Waals surface area contributed by atoms with Gasteiger partial charge < -0.3 is 5.32 Å². The SMILES string of the molecule is CCNC(=O)[C@H](C)Sc1nnc(-c2ccncc2)n1C1CC1. The first-order valence-electron chi connectivity index (χ1n) is 7.50. The van der Waals surface area contributed by atoms with E-state index in [1.807, 2.05) is 26.0 Å². The minimum atomic E-state index is -0.188. The van der Waals surface area contributed by atoms with Crippen molar-refractivity contribution in [1.29, 1.82) is 0 Å². The highest BCUT2D eigenvalue weighted by molar-refractivity contribution is 8.00. The van der Waals surface area contributed by atoms with Crippen molar-refractivity contribution in [2.75, 3.05) is 6.54 Å². The van der Waals surface area contributed by atoms with Crippen LogP contribution in [0.3, 0.4) is 0 Å². The van der Waals surface area contributed by atoms with Crippen molar-refractivity contribution in [2.24, 2.45) is 0 Å². The average Bonchev–Trinajstić information content (AvgIpc) is 3.29. The van der Waals surface area contributed by atoms with Gasteiger partial charge in [0.1, 0.15) is 0 Å². The molecule has 22 heavy (non-hydrogen) atoms. The molecule has 116 valence electrons. The molecule has 2 aromatic heterocycles. The standard InChI is InChI=1S/C15H19N5OS/c1-3-17-14(21)10(2)22-15-19-18-13(20(15)12-4-5-12)11-6-8-16-9-7-11/h6-10,12H,3-5H2,1-2H3,(H,17,21)/t10-/m0/s1. The van der Waals surface area contributed by atoms with E-state index in [1.165, 1.54) is 11.8 Å². The monoisotopic (exact) mass is 317 g/mol. The molecule has 1 fully saturated rings. The van der Waals surface area contributed by atoms with E-state index in [0.29, 0.717) is 12.6 Å². The number of hydrogen-bond acceptors (Lipinski definition) is 5. The molecule has 1 atom stereocenters. The Morgan fingerprint density at radius 1 is 1.41 bits per heavy atom. The van der Waals surface area contributed by atoms with Gasteiger partial charge in [0.2, 0.25) is 5.91 Å². The largest absolute Gasteiger partial charge is 0.355 e. The lowest BCUT2D eigenvalue weighted by Crippen LogP contribution is -2.30. The van der Waals surface area contributed by atoms with Crippen LogP contribution in [0.4, 0.5) is 0 Å². The Hall–Kier alpha value is -1.89. The van der Waals surface area contributed by atoms with Gasteiger partial charge in [0.25, 0.3) is 0 Å². The van der Waals surface area contributed by atoms with E-state index in [0.717, 1.165) is 29.4 Å². The fourth-order valence-electron chi connectivity index (χ4n) is 2.25. The fraction of sp³-hybridized carbons (Fsp3) is 0.467. The van der Waals surface area contributed by atoms with Crippen LogP contribution in [0.5, 0.6) is 0 Å². The molecule has 7 heteroatoms. The zero-order valence-electron chi connectivity index (χ0n) is 12.7. The summed E-state index contributed by atoms with van der Waals surface area (Å²) in [6.45, 7) is 4.46. The van der Waals surface area contributed by atoms with Crippen molar-refractivity contribution in [3.63, 3.8) is 0 Å². The predicted molar refractivity (Wildman–Crippen MR) is 85.5 cm³/mol. The van der Waals surface area contributed by atoms with Gasteiger partial charge in [-0.15, -0.1) is 10.2 Å². The molecule has 1 N–H and O–H groups in total. The summed E-state index contributed by atoms with van der Waals surface area (Å²) in [4.78, 5) is 16.0. The number of thioether (sulfide) groups is 1. The zero-order chi connectivity index (χ0) is 15.5. The molecule has 3 rings (SSSR count). The number of hydrogen-bond donors (Lipinski definition) is 1. The summed E-state index contributed by atoms with van der Waals surface area (Å²) in [5.41, 5.74) is 1.01. The number of rotatable bonds is 6. The predicted octanol–water partition coefficient (Wildman–Crippen LogP) is 2.29. The first kappa shape index (κ1) is 15.0. The molecule has 0 bridgehead atoms. The van der Waals surface area contributed by atoms with E-state index < -0.39 is 0 Å². The molecule has 1 aliphatic carbocycles. The van der Waals surface area contributed by atoms with Gasteiger partial charge in [0.05, 0.1) is 5.25 Å². The minimum Gasteiger partial charge on any atom is -0.355 e. The van der Waals surface area contributed by atoms with E-state index >= 15 is 0 Å². The minimum absolute atomic E-state index is 0.0308. The summed E-state index contributed by atoms with van der Waals surface area (Å²) in [6, 6.07) is 4.32. The summed E-state index contributed by atoms with van der Waals surface area (Å²) in [7, 11) is 0. The maximum Gasteiger partial charge on any atom is 0.233 e. The molecule has 0 unspecified atom stereocenters. The Morgan fingerprint density at radius 2 is 2.14 bits per heavy atom. The first-order chi connectivity index (χ1) is 10.7. The van der Waals surface area contributed by atoms with Gasteiger partial charge in [0, 0.05) is 30.5 Å². The Labute approximate surface area is 133 Å². The van der Waals surface area contributed by atoms with Crippen molar-refractivity contribution in [3.8, 4) is 11.4 Å². The molecular formula is C15H19N5OS. The van der Waals surface area contributed by atoms with Crippen LogP contribution >= 0.6 is 11.8 Å². The summed E-state index contributed by atoms with van der Waals surface area (Å²) >= 11 is 1.46. The Balaban J connectivity index is 1.86. The summed E-state index contributed by atoms with van der Waals surface area (Å²) in [6.07, 6.45) is 5.79. The molecule has 0 saturated heterocycles. The normalized spacial score (nSPS) is 15.5. The van der Waals surface area contributed by atoms with Gasteiger partial charge in [-0.3, -0.25) is 14.3 Å². The first-order valence-corrected chi connectivity index (χ1v) is 8.38. The lowest BCUT2D eigenvalue weighted by molar-refractivity contribution is -0.120. The molecule has 0 radical (unpaired) electrons. The summed E-state index contributed by atoms with van der Waals surface area (Å²) in [5, 5.41) is 12.1. The zero-order valence-corrected chi connectivity index (χ0v) is 13.5. The third-order valence-corrected chi connectivity index (χ3v) is 4.57. The van der Waals surface area contributed by atoms with Crippen LogP contribution in [0.15, 0.2) is 29.7 Å². The quantitative estimate of drug-likeness (QED) is 0.828. The third kappa shape index (κ3) is 3.14. The highest BCUT2D eigenvalue weighted by Gasteiger charge is 2.31.